The van der Waals surface area contributed by atoms with Crippen molar-refractivity contribution < 1.29 is 13.2 Å². The highest BCUT2D eigenvalue weighted by molar-refractivity contribution is 7.92. The van der Waals surface area contributed by atoms with Gasteiger partial charge in [-0.2, -0.15) is 0 Å². The van der Waals surface area contributed by atoms with Gasteiger partial charge in [0.05, 0.1) is 11.9 Å². The van der Waals surface area contributed by atoms with Crippen molar-refractivity contribution in [2.24, 2.45) is 0 Å². The third-order valence-corrected chi connectivity index (χ3v) is 4.73. The van der Waals surface area contributed by atoms with Crippen molar-refractivity contribution in [1.29, 1.82) is 0 Å². The van der Waals surface area contributed by atoms with Crippen molar-refractivity contribution in [3.05, 3.63) is 77.4 Å². The van der Waals surface area contributed by atoms with E-state index in [1.54, 1.807) is 25.1 Å². The molecule has 3 rings (SSSR count). The molecule has 0 spiro atoms. The minimum Gasteiger partial charge on any atom is -0.348 e. The molecule has 0 aliphatic carbocycles. The highest BCUT2D eigenvalue weighted by Gasteiger charge is 2.13. The molecule has 0 heterocycles. The van der Waals surface area contributed by atoms with Crippen molar-refractivity contribution in [3.63, 3.8) is 0 Å². The van der Waals surface area contributed by atoms with E-state index < -0.39 is 10.0 Å². The molecule has 0 radical (unpaired) electrons. The van der Waals surface area contributed by atoms with Gasteiger partial charge in [0.25, 0.3) is 5.91 Å². The lowest BCUT2D eigenvalue weighted by molar-refractivity contribution is 0.0950. The minimum absolute atomic E-state index is 0.243. The largest absolute Gasteiger partial charge is 0.348 e. The number of fused-ring (bicyclic) bond motifs is 1. The van der Waals surface area contributed by atoms with Gasteiger partial charge in [0.15, 0.2) is 0 Å². The summed E-state index contributed by atoms with van der Waals surface area (Å²) < 4.78 is 25.3. The molecule has 0 saturated heterocycles. The number of sulfonamides is 1. The summed E-state index contributed by atoms with van der Waals surface area (Å²) in [6.45, 7) is 2.12. The second-order valence-corrected chi connectivity index (χ2v) is 7.96. The van der Waals surface area contributed by atoms with Crippen molar-refractivity contribution in [3.8, 4) is 0 Å². The van der Waals surface area contributed by atoms with E-state index in [-0.39, 0.29) is 5.91 Å². The van der Waals surface area contributed by atoms with E-state index in [0.717, 1.165) is 22.6 Å². The number of benzene rings is 3. The molecule has 0 saturated carbocycles. The first-order valence-electron chi connectivity index (χ1n) is 8.17. The van der Waals surface area contributed by atoms with E-state index >= 15 is 0 Å². The maximum absolute atomic E-state index is 12.5. The van der Waals surface area contributed by atoms with Gasteiger partial charge in [0.2, 0.25) is 10.0 Å². The molecule has 6 heteroatoms. The van der Waals surface area contributed by atoms with Gasteiger partial charge in [-0.05, 0) is 47.0 Å². The molecular weight excluding hydrogens is 348 g/mol. The molecule has 3 aromatic rings. The summed E-state index contributed by atoms with van der Waals surface area (Å²) >= 11 is 0. The lowest BCUT2D eigenvalue weighted by atomic mass is 10.1. The van der Waals surface area contributed by atoms with Crippen LogP contribution in [0.1, 0.15) is 21.5 Å². The molecule has 0 aromatic heterocycles. The van der Waals surface area contributed by atoms with Crippen LogP contribution in [-0.4, -0.2) is 20.6 Å². The Bertz CT molecular complexity index is 1080. The zero-order chi connectivity index (χ0) is 18.7. The molecule has 0 atom stereocenters. The normalized spacial score (nSPS) is 11.3. The second-order valence-electron chi connectivity index (χ2n) is 6.22. The Morgan fingerprint density at radius 3 is 2.42 bits per heavy atom. The maximum Gasteiger partial charge on any atom is 0.251 e. The zero-order valence-corrected chi connectivity index (χ0v) is 15.4. The zero-order valence-electron chi connectivity index (χ0n) is 14.6. The average molecular weight is 368 g/mol. The van der Waals surface area contributed by atoms with Crippen LogP contribution in [0.25, 0.3) is 10.8 Å². The van der Waals surface area contributed by atoms with Crippen LogP contribution in [-0.2, 0) is 16.6 Å². The smallest absolute Gasteiger partial charge is 0.251 e. The van der Waals surface area contributed by atoms with Gasteiger partial charge in [-0.15, -0.1) is 0 Å². The van der Waals surface area contributed by atoms with Gasteiger partial charge in [-0.25, -0.2) is 8.42 Å². The van der Waals surface area contributed by atoms with E-state index in [9.17, 15) is 13.2 Å². The summed E-state index contributed by atoms with van der Waals surface area (Å²) in [6.07, 6.45) is 1.08. The highest BCUT2D eigenvalue weighted by Crippen LogP contribution is 2.20. The molecule has 2 N–H and O–H groups in total. The van der Waals surface area contributed by atoms with Crippen LogP contribution in [0.5, 0.6) is 0 Å². The Morgan fingerprint density at radius 2 is 1.69 bits per heavy atom. The Hall–Kier alpha value is -2.86. The second kappa shape index (κ2) is 7.17. The molecule has 26 heavy (non-hydrogen) atoms. The molecule has 0 aliphatic heterocycles. The summed E-state index contributed by atoms with van der Waals surface area (Å²) in [4.78, 5) is 12.5. The topological polar surface area (TPSA) is 75.3 Å². The standard InChI is InChI=1S/C20H20N2O3S/c1-14-18(8-5-9-19(14)22-26(2,24)25)20(23)21-13-15-10-11-16-6-3-4-7-17(16)12-15/h3-12,22H,13H2,1-2H3,(H,21,23). The maximum atomic E-state index is 12.5. The van der Waals surface area contributed by atoms with Gasteiger partial charge in [0.1, 0.15) is 0 Å². The molecule has 3 aromatic carbocycles. The van der Waals surface area contributed by atoms with E-state index in [4.69, 9.17) is 0 Å². The summed E-state index contributed by atoms with van der Waals surface area (Å²) in [6, 6.07) is 19.1. The molecule has 5 nitrogen and oxygen atoms in total. The third kappa shape index (κ3) is 4.21. The number of amides is 1. The number of hydrogen-bond donors (Lipinski definition) is 2. The monoisotopic (exact) mass is 368 g/mol. The number of carbonyl (C=O) groups is 1. The Kier molecular flexibility index (Phi) is 4.95. The van der Waals surface area contributed by atoms with Gasteiger partial charge in [-0.3, -0.25) is 9.52 Å². The van der Waals surface area contributed by atoms with Crippen molar-refractivity contribution in [2.45, 2.75) is 13.5 Å². The van der Waals surface area contributed by atoms with Crippen molar-refractivity contribution in [1.82, 2.24) is 5.32 Å². The predicted octanol–water partition coefficient (Wildman–Crippen LogP) is 3.45. The fourth-order valence-electron chi connectivity index (χ4n) is 2.82. The quantitative estimate of drug-likeness (QED) is 0.724. The molecular formula is C20H20N2O3S. The highest BCUT2D eigenvalue weighted by atomic mass is 32.2. The number of carbonyl (C=O) groups excluding carboxylic acids is 1. The van der Waals surface area contributed by atoms with E-state index in [1.807, 2.05) is 42.5 Å². The van der Waals surface area contributed by atoms with E-state index in [1.165, 1.54) is 0 Å². The number of anilines is 1. The first-order chi connectivity index (χ1) is 12.3. The van der Waals surface area contributed by atoms with Gasteiger partial charge in [-0.1, -0.05) is 42.5 Å². The fourth-order valence-corrected chi connectivity index (χ4v) is 3.44. The van der Waals surface area contributed by atoms with Crippen molar-refractivity contribution in [2.75, 3.05) is 11.0 Å². The Labute approximate surface area is 153 Å². The summed E-state index contributed by atoms with van der Waals surface area (Å²) in [5, 5.41) is 5.17. The first kappa shape index (κ1) is 17.9. The molecule has 0 unspecified atom stereocenters. The van der Waals surface area contributed by atoms with Crippen LogP contribution >= 0.6 is 0 Å². The lowest BCUT2D eigenvalue weighted by Gasteiger charge is -2.12. The SMILES string of the molecule is Cc1c(NS(C)(=O)=O)cccc1C(=O)NCc1ccc2ccccc2c1. The van der Waals surface area contributed by atoms with E-state index in [0.29, 0.717) is 23.4 Å². The predicted molar refractivity (Wildman–Crippen MR) is 105 cm³/mol. The van der Waals surface area contributed by atoms with Crippen LogP contribution in [0.4, 0.5) is 5.69 Å². The molecule has 0 aliphatic rings. The molecule has 1 amide bonds. The number of rotatable bonds is 5. The Morgan fingerprint density at radius 1 is 0.962 bits per heavy atom. The first-order valence-corrected chi connectivity index (χ1v) is 10.1. The van der Waals surface area contributed by atoms with E-state index in [2.05, 4.69) is 10.0 Å². The van der Waals surface area contributed by atoms with Crippen molar-refractivity contribution >= 4 is 32.4 Å². The minimum atomic E-state index is -3.40. The average Bonchev–Trinajstić information content (AvgIpc) is 2.60. The van der Waals surface area contributed by atoms with Gasteiger partial charge >= 0.3 is 0 Å². The van der Waals surface area contributed by atoms with Crippen LogP contribution < -0.4 is 10.0 Å². The van der Waals surface area contributed by atoms with Gasteiger partial charge in [0, 0.05) is 12.1 Å². The van der Waals surface area contributed by atoms with Crippen LogP contribution in [0.3, 0.4) is 0 Å². The van der Waals surface area contributed by atoms with Crippen LogP contribution in [0, 0.1) is 6.92 Å². The number of nitrogens with one attached hydrogen (secondary N) is 2. The van der Waals surface area contributed by atoms with Crippen LogP contribution in [0.15, 0.2) is 60.7 Å². The molecule has 0 fully saturated rings. The summed E-state index contributed by atoms with van der Waals surface area (Å²) in [5.74, 6) is -0.243. The third-order valence-electron chi connectivity index (χ3n) is 4.14. The summed E-state index contributed by atoms with van der Waals surface area (Å²) in [7, 11) is -3.40. The number of hydrogen-bond acceptors (Lipinski definition) is 3. The lowest BCUT2D eigenvalue weighted by Crippen LogP contribution is -2.24. The molecule has 0 bridgehead atoms. The fraction of sp³-hybridized carbons (Fsp3) is 0.150. The van der Waals surface area contributed by atoms with Gasteiger partial charge < -0.3 is 5.32 Å². The van der Waals surface area contributed by atoms with Crippen LogP contribution in [0.2, 0.25) is 0 Å². The summed E-state index contributed by atoms with van der Waals surface area (Å²) in [5.41, 5.74) is 2.44. The Balaban J connectivity index is 1.76. The molecule has 134 valence electrons.